The minimum absolute atomic E-state index is 0.0243. The topological polar surface area (TPSA) is 83.8 Å². The first-order valence-electron chi connectivity index (χ1n) is 12.2. The van der Waals surface area contributed by atoms with Crippen molar-refractivity contribution in [3.05, 3.63) is 59.2 Å². The zero-order chi connectivity index (χ0) is 23.1. The summed E-state index contributed by atoms with van der Waals surface area (Å²) in [5.41, 5.74) is 1.22. The second-order valence-electron chi connectivity index (χ2n) is 10.4. The third kappa shape index (κ3) is 2.43. The molecule has 7 nitrogen and oxygen atoms in total. The molecule has 0 amide bonds. The Morgan fingerprint density at radius 1 is 1.15 bits per heavy atom. The van der Waals surface area contributed by atoms with Crippen molar-refractivity contribution in [2.75, 3.05) is 20.3 Å². The van der Waals surface area contributed by atoms with Gasteiger partial charge in [0.1, 0.15) is 11.7 Å². The van der Waals surface area contributed by atoms with Crippen LogP contribution in [0.5, 0.6) is 11.5 Å². The van der Waals surface area contributed by atoms with Gasteiger partial charge in [-0.1, -0.05) is 36.4 Å². The van der Waals surface area contributed by atoms with E-state index in [1.54, 1.807) is 7.11 Å². The van der Waals surface area contributed by atoms with Crippen LogP contribution < -0.4 is 9.47 Å². The lowest BCUT2D eigenvalue weighted by atomic mass is 9.46. The summed E-state index contributed by atoms with van der Waals surface area (Å²) in [7, 11) is 1.66. The first-order valence-corrected chi connectivity index (χ1v) is 12.2. The average molecular weight is 463 g/mol. The average Bonchev–Trinajstić information content (AvgIpc) is 3.44. The molecular weight excluding hydrogens is 432 g/mol. The molecule has 2 bridgehead atoms. The molecule has 0 aromatic heterocycles. The van der Waals surface area contributed by atoms with E-state index in [2.05, 4.69) is 40.2 Å². The van der Waals surface area contributed by atoms with Gasteiger partial charge in [-0.25, -0.2) is 0 Å². The van der Waals surface area contributed by atoms with Crippen molar-refractivity contribution < 1.29 is 24.4 Å². The molecule has 1 unspecified atom stereocenters. The van der Waals surface area contributed by atoms with Crippen molar-refractivity contribution in [3.63, 3.8) is 0 Å². The highest BCUT2D eigenvalue weighted by Gasteiger charge is 2.76. The normalized spacial score (nSPS) is 39.2. The van der Waals surface area contributed by atoms with Crippen LogP contribution in [0.25, 0.3) is 0 Å². The molecule has 2 N–H and O–H groups in total. The molecule has 3 heterocycles. The fourth-order valence-electron chi connectivity index (χ4n) is 7.68. The Hall–Kier alpha value is -2.45. The Kier molecular flexibility index (Phi) is 4.33. The number of methoxy groups -OCH3 is 1. The van der Waals surface area contributed by atoms with Crippen molar-refractivity contribution in [1.29, 1.82) is 0 Å². The predicted molar refractivity (Wildman–Crippen MR) is 125 cm³/mol. The van der Waals surface area contributed by atoms with Gasteiger partial charge in [0, 0.05) is 30.9 Å². The number of aliphatic imine (C=N–C) groups is 1. The van der Waals surface area contributed by atoms with Crippen molar-refractivity contribution in [2.45, 2.75) is 67.2 Å². The van der Waals surface area contributed by atoms with Crippen molar-refractivity contribution in [1.82, 2.24) is 4.90 Å². The van der Waals surface area contributed by atoms with Crippen LogP contribution in [0.1, 0.15) is 36.0 Å². The van der Waals surface area contributed by atoms with Gasteiger partial charge in [-0.05, 0) is 42.9 Å². The summed E-state index contributed by atoms with van der Waals surface area (Å²) in [6.45, 7) is 1.50. The number of hydrogen-bond donors (Lipinski definition) is 2. The number of likely N-dealkylation sites (tertiary alicyclic amines) is 1. The van der Waals surface area contributed by atoms with Gasteiger partial charge in [0.2, 0.25) is 0 Å². The molecule has 2 aromatic rings. The third-order valence-corrected chi connectivity index (χ3v) is 9.07. The quantitative estimate of drug-likeness (QED) is 0.725. The first kappa shape index (κ1) is 20.9. The second-order valence-corrected chi connectivity index (χ2v) is 10.4. The van der Waals surface area contributed by atoms with Gasteiger partial charge >= 0.3 is 0 Å². The van der Waals surface area contributed by atoms with Gasteiger partial charge in [-0.15, -0.1) is 0 Å². The maximum Gasteiger partial charge on any atom is 0.172 e. The molecule has 3 aliphatic heterocycles. The molecular formula is C27H30N2O5. The largest absolute Gasteiger partial charge is 0.493 e. The van der Waals surface area contributed by atoms with Crippen LogP contribution in [0.3, 0.4) is 0 Å². The van der Waals surface area contributed by atoms with Gasteiger partial charge in [-0.2, -0.15) is 0 Å². The van der Waals surface area contributed by atoms with Crippen molar-refractivity contribution >= 4 is 6.21 Å². The number of piperidine rings is 1. The molecule has 2 aromatic carbocycles. The lowest BCUT2D eigenvalue weighted by molar-refractivity contribution is -0.233. The zero-order valence-electron chi connectivity index (χ0n) is 19.3. The van der Waals surface area contributed by atoms with E-state index >= 15 is 0 Å². The van der Waals surface area contributed by atoms with Gasteiger partial charge in [0.15, 0.2) is 17.7 Å². The summed E-state index contributed by atoms with van der Waals surface area (Å²) in [5, 5.41) is 22.4. The Morgan fingerprint density at radius 2 is 2.00 bits per heavy atom. The Morgan fingerprint density at radius 3 is 2.76 bits per heavy atom. The molecule has 2 fully saturated rings. The maximum atomic E-state index is 12.7. The summed E-state index contributed by atoms with van der Waals surface area (Å²) in [6.07, 6.45) is 3.53. The summed E-state index contributed by atoms with van der Waals surface area (Å²) >= 11 is 0. The van der Waals surface area contributed by atoms with Gasteiger partial charge in [0.25, 0.3) is 0 Å². The molecule has 1 saturated carbocycles. The summed E-state index contributed by atoms with van der Waals surface area (Å²) in [4.78, 5) is 6.92. The summed E-state index contributed by atoms with van der Waals surface area (Å²) < 4.78 is 18.8. The van der Waals surface area contributed by atoms with E-state index in [4.69, 9.17) is 14.2 Å². The number of ether oxygens (including phenoxy) is 3. The molecule has 34 heavy (non-hydrogen) atoms. The number of aliphatic hydroxyl groups excluding tert-OH is 1. The molecule has 178 valence electrons. The molecule has 2 spiro atoms. The number of nitrogens with zero attached hydrogens (tertiary/aromatic N) is 2. The van der Waals surface area contributed by atoms with Crippen LogP contribution in [-0.4, -0.2) is 71.2 Å². The molecule has 7 heteroatoms. The summed E-state index contributed by atoms with van der Waals surface area (Å²) in [5.74, 6) is 1.43. The highest BCUT2D eigenvalue weighted by molar-refractivity contribution is 5.76. The minimum Gasteiger partial charge on any atom is -0.493 e. The molecule has 7 rings (SSSR count). The van der Waals surface area contributed by atoms with Crippen LogP contribution in [0.15, 0.2) is 47.5 Å². The second kappa shape index (κ2) is 7.04. The molecule has 5 aliphatic rings. The third-order valence-electron chi connectivity index (χ3n) is 9.07. The standard InChI is InChI=1S/C27H30N2O5/c1-32-19-8-7-18-13-20-27(31)10-9-25(16-28-21(15-30)34-25)24-26(27,22(18)23(19)33-24)11-12-29(20)14-17-5-3-2-4-6-17/h2-8,16,20-21,24,30-31H,9-15H2,1H3/t20-,21?,24+,25-,26+,27-/m1/s1. The Labute approximate surface area is 199 Å². The number of rotatable bonds is 4. The van der Waals surface area contributed by atoms with Gasteiger partial charge in [0.05, 0.1) is 24.7 Å². The maximum absolute atomic E-state index is 12.7. The van der Waals surface area contributed by atoms with Crippen LogP contribution in [0.4, 0.5) is 0 Å². The van der Waals surface area contributed by atoms with Crippen molar-refractivity contribution in [2.24, 2.45) is 4.99 Å². The monoisotopic (exact) mass is 462 g/mol. The molecule has 1 saturated heterocycles. The minimum atomic E-state index is -0.963. The smallest absolute Gasteiger partial charge is 0.172 e. The number of fused-ring (bicyclic) bond motifs is 1. The zero-order valence-corrected chi connectivity index (χ0v) is 19.3. The van der Waals surface area contributed by atoms with Gasteiger partial charge in [-0.3, -0.25) is 9.89 Å². The highest BCUT2D eigenvalue weighted by Crippen LogP contribution is 2.67. The Bertz CT molecular complexity index is 1170. The lowest BCUT2D eigenvalue weighted by Gasteiger charge is -2.65. The van der Waals surface area contributed by atoms with E-state index < -0.39 is 28.9 Å². The van der Waals surface area contributed by atoms with E-state index in [1.807, 2.05) is 18.3 Å². The van der Waals surface area contributed by atoms with Crippen LogP contribution in [0, 0.1) is 0 Å². The van der Waals surface area contributed by atoms with Gasteiger partial charge < -0.3 is 24.4 Å². The SMILES string of the molecule is COc1ccc2c3c1O[C@@H]1[C@]34CCN(Cc3ccccc3)[C@H](C2)[C@]4(O)CC[C@@]12C=NC(CO)O2. The fraction of sp³-hybridized carbons (Fsp3) is 0.519. The predicted octanol–water partition coefficient (Wildman–Crippen LogP) is 2.21. The highest BCUT2D eigenvalue weighted by atomic mass is 16.6. The van der Waals surface area contributed by atoms with E-state index in [0.717, 1.165) is 37.2 Å². The lowest BCUT2D eigenvalue weighted by Crippen LogP contribution is -2.79. The Balaban J connectivity index is 1.38. The fourth-order valence-corrected chi connectivity index (χ4v) is 7.68. The first-order chi connectivity index (χ1) is 16.5. The summed E-state index contributed by atoms with van der Waals surface area (Å²) in [6, 6.07) is 14.6. The van der Waals surface area contributed by atoms with Crippen molar-refractivity contribution in [3.8, 4) is 11.5 Å². The molecule has 0 radical (unpaired) electrons. The van der Waals surface area contributed by atoms with Crippen LogP contribution >= 0.6 is 0 Å². The molecule has 2 aliphatic carbocycles. The van der Waals surface area contributed by atoms with Crippen LogP contribution in [-0.2, 0) is 23.1 Å². The van der Waals surface area contributed by atoms with Crippen LogP contribution in [0.2, 0.25) is 0 Å². The van der Waals surface area contributed by atoms with E-state index in [1.165, 1.54) is 11.1 Å². The van der Waals surface area contributed by atoms with E-state index in [-0.39, 0.29) is 12.6 Å². The number of hydrogen-bond acceptors (Lipinski definition) is 7. The number of benzene rings is 2. The number of aliphatic hydroxyl groups is 2. The van der Waals surface area contributed by atoms with E-state index in [0.29, 0.717) is 18.6 Å². The van der Waals surface area contributed by atoms with E-state index in [9.17, 15) is 10.2 Å². The molecule has 6 atom stereocenters.